The molecule has 0 spiro atoms. The van der Waals surface area contributed by atoms with Crippen molar-refractivity contribution in [2.45, 2.75) is 0 Å². The molecule has 102 valence electrons. The van der Waals surface area contributed by atoms with E-state index >= 15 is 0 Å². The van der Waals surface area contributed by atoms with Crippen LogP contribution in [0, 0.1) is 5.95 Å². The summed E-state index contributed by atoms with van der Waals surface area (Å²) in [6.07, 6.45) is 4.09. The Hall–Kier alpha value is -2.69. The van der Waals surface area contributed by atoms with Crippen molar-refractivity contribution in [3.63, 3.8) is 0 Å². The van der Waals surface area contributed by atoms with Gasteiger partial charge < -0.3 is 5.11 Å². The summed E-state index contributed by atoms with van der Waals surface area (Å²) < 4.78 is 12.6. The van der Waals surface area contributed by atoms with E-state index in [-0.39, 0.29) is 0 Å². The standard InChI is InChI=1S/C15H13FN2O2/c1-18(15(19)20)13-7-4-11(5-8-13)2-3-12-6-9-14(16)17-10-12/h2-10H,1H3,(H,19,20)/b3-2+. The van der Waals surface area contributed by atoms with E-state index in [1.165, 1.54) is 19.3 Å². The van der Waals surface area contributed by atoms with Crippen molar-refractivity contribution in [3.8, 4) is 0 Å². The zero-order valence-electron chi connectivity index (χ0n) is 10.8. The van der Waals surface area contributed by atoms with E-state index in [0.717, 1.165) is 16.0 Å². The first kappa shape index (κ1) is 13.7. The third-order valence-corrected chi connectivity index (χ3v) is 2.79. The van der Waals surface area contributed by atoms with Crippen molar-refractivity contribution in [3.05, 3.63) is 59.7 Å². The number of aromatic nitrogens is 1. The smallest absolute Gasteiger partial charge is 0.411 e. The monoisotopic (exact) mass is 272 g/mol. The summed E-state index contributed by atoms with van der Waals surface area (Å²) in [4.78, 5) is 15.5. The van der Waals surface area contributed by atoms with Crippen LogP contribution in [0.2, 0.25) is 0 Å². The predicted octanol–water partition coefficient (Wildman–Crippen LogP) is 3.51. The molecule has 2 aromatic rings. The number of carboxylic acid groups (broad SMARTS) is 1. The van der Waals surface area contributed by atoms with Crippen LogP contribution in [0.25, 0.3) is 12.2 Å². The summed E-state index contributed by atoms with van der Waals surface area (Å²) in [5.74, 6) is -0.511. The minimum atomic E-state index is -1.01. The van der Waals surface area contributed by atoms with Crippen LogP contribution in [-0.2, 0) is 0 Å². The maximum atomic E-state index is 12.6. The number of anilines is 1. The lowest BCUT2D eigenvalue weighted by molar-refractivity contribution is 0.203. The Balaban J connectivity index is 2.10. The Morgan fingerprint density at radius 1 is 1.15 bits per heavy atom. The van der Waals surface area contributed by atoms with Crippen LogP contribution in [0.4, 0.5) is 14.9 Å². The first-order chi connectivity index (χ1) is 9.56. The Labute approximate surface area is 115 Å². The van der Waals surface area contributed by atoms with Gasteiger partial charge in [-0.15, -0.1) is 0 Å². The molecule has 20 heavy (non-hydrogen) atoms. The van der Waals surface area contributed by atoms with Gasteiger partial charge in [0.15, 0.2) is 0 Å². The maximum absolute atomic E-state index is 12.6. The molecular weight excluding hydrogens is 259 g/mol. The molecule has 0 saturated carbocycles. The quantitative estimate of drug-likeness (QED) is 0.870. The van der Waals surface area contributed by atoms with Crippen molar-refractivity contribution in [2.24, 2.45) is 0 Å². The fraction of sp³-hybridized carbons (Fsp3) is 0.0667. The minimum absolute atomic E-state index is 0.511. The number of rotatable bonds is 3. The molecule has 0 bridgehead atoms. The molecule has 4 nitrogen and oxygen atoms in total. The molecular formula is C15H13FN2O2. The summed E-state index contributed by atoms with van der Waals surface area (Å²) in [7, 11) is 1.48. The first-order valence-electron chi connectivity index (χ1n) is 5.92. The van der Waals surface area contributed by atoms with Gasteiger partial charge >= 0.3 is 6.09 Å². The lowest BCUT2D eigenvalue weighted by atomic mass is 10.1. The summed E-state index contributed by atoms with van der Waals surface area (Å²) in [5, 5.41) is 8.85. The van der Waals surface area contributed by atoms with E-state index in [1.807, 2.05) is 24.3 Å². The topological polar surface area (TPSA) is 53.4 Å². The molecule has 1 aromatic carbocycles. The number of halogens is 1. The average Bonchev–Trinajstić information content (AvgIpc) is 2.46. The highest BCUT2D eigenvalue weighted by Crippen LogP contribution is 2.15. The second-order valence-corrected chi connectivity index (χ2v) is 4.18. The SMILES string of the molecule is CN(C(=O)O)c1ccc(/C=C/c2ccc(F)nc2)cc1. The normalized spacial score (nSPS) is 10.7. The third kappa shape index (κ3) is 3.41. The van der Waals surface area contributed by atoms with Crippen molar-refractivity contribution < 1.29 is 14.3 Å². The largest absolute Gasteiger partial charge is 0.465 e. The van der Waals surface area contributed by atoms with Gasteiger partial charge in [-0.05, 0) is 35.4 Å². The van der Waals surface area contributed by atoms with Crippen LogP contribution in [-0.4, -0.2) is 23.2 Å². The number of hydrogen-bond donors (Lipinski definition) is 1. The van der Waals surface area contributed by atoms with Gasteiger partial charge in [0, 0.05) is 18.9 Å². The van der Waals surface area contributed by atoms with Crippen LogP contribution in [0.3, 0.4) is 0 Å². The van der Waals surface area contributed by atoms with Gasteiger partial charge in [0.05, 0.1) is 0 Å². The molecule has 1 heterocycles. The second kappa shape index (κ2) is 5.97. The van der Waals surface area contributed by atoms with Gasteiger partial charge in [0.2, 0.25) is 5.95 Å². The summed E-state index contributed by atoms with van der Waals surface area (Å²) >= 11 is 0. The zero-order chi connectivity index (χ0) is 14.5. The summed E-state index contributed by atoms with van der Waals surface area (Å²) in [6.45, 7) is 0. The predicted molar refractivity (Wildman–Crippen MR) is 76.0 cm³/mol. The minimum Gasteiger partial charge on any atom is -0.465 e. The molecule has 0 unspecified atom stereocenters. The number of pyridine rings is 1. The highest BCUT2D eigenvalue weighted by atomic mass is 19.1. The number of hydrogen-bond acceptors (Lipinski definition) is 2. The van der Waals surface area contributed by atoms with Crippen LogP contribution in [0.1, 0.15) is 11.1 Å². The van der Waals surface area contributed by atoms with Gasteiger partial charge in [-0.3, -0.25) is 4.90 Å². The van der Waals surface area contributed by atoms with Crippen molar-refractivity contribution in [1.82, 2.24) is 4.98 Å². The van der Waals surface area contributed by atoms with Crippen molar-refractivity contribution in [1.29, 1.82) is 0 Å². The fourth-order valence-electron chi connectivity index (χ4n) is 1.60. The third-order valence-electron chi connectivity index (χ3n) is 2.79. The van der Waals surface area contributed by atoms with Crippen LogP contribution < -0.4 is 4.90 Å². The Morgan fingerprint density at radius 2 is 1.75 bits per heavy atom. The molecule has 5 heteroatoms. The molecule has 2 rings (SSSR count). The highest BCUT2D eigenvalue weighted by Gasteiger charge is 2.06. The van der Waals surface area contributed by atoms with Gasteiger partial charge in [0.25, 0.3) is 0 Å². The van der Waals surface area contributed by atoms with E-state index in [9.17, 15) is 9.18 Å². The van der Waals surface area contributed by atoms with E-state index < -0.39 is 12.0 Å². The van der Waals surface area contributed by atoms with Crippen LogP contribution in [0.15, 0.2) is 42.6 Å². The maximum Gasteiger partial charge on any atom is 0.411 e. The number of benzene rings is 1. The fourth-order valence-corrected chi connectivity index (χ4v) is 1.60. The summed E-state index contributed by atoms with van der Waals surface area (Å²) in [5.41, 5.74) is 2.30. The number of carbonyl (C=O) groups is 1. The molecule has 0 radical (unpaired) electrons. The van der Waals surface area contributed by atoms with Gasteiger partial charge in [-0.25, -0.2) is 9.78 Å². The molecule has 0 aliphatic carbocycles. The molecule has 0 saturated heterocycles. The Morgan fingerprint density at radius 3 is 2.30 bits per heavy atom. The van der Waals surface area contributed by atoms with Crippen LogP contribution >= 0.6 is 0 Å². The molecule has 0 aliphatic heterocycles. The van der Waals surface area contributed by atoms with Crippen LogP contribution in [0.5, 0.6) is 0 Å². The molecule has 1 amide bonds. The zero-order valence-corrected chi connectivity index (χ0v) is 10.8. The molecule has 1 aromatic heterocycles. The van der Waals surface area contributed by atoms with Gasteiger partial charge in [-0.2, -0.15) is 4.39 Å². The highest BCUT2D eigenvalue weighted by molar-refractivity contribution is 5.85. The summed E-state index contributed by atoms with van der Waals surface area (Å²) in [6, 6.07) is 9.98. The van der Waals surface area contributed by atoms with E-state index in [1.54, 1.807) is 18.2 Å². The van der Waals surface area contributed by atoms with E-state index in [2.05, 4.69) is 4.98 Å². The van der Waals surface area contributed by atoms with Gasteiger partial charge in [0.1, 0.15) is 0 Å². The first-order valence-corrected chi connectivity index (χ1v) is 5.92. The molecule has 0 aliphatic rings. The van der Waals surface area contributed by atoms with E-state index in [0.29, 0.717) is 5.69 Å². The average molecular weight is 272 g/mol. The lowest BCUT2D eigenvalue weighted by Gasteiger charge is -2.12. The number of amides is 1. The van der Waals surface area contributed by atoms with Crippen molar-refractivity contribution in [2.75, 3.05) is 11.9 Å². The molecule has 0 fully saturated rings. The molecule has 0 atom stereocenters. The number of nitrogens with zero attached hydrogens (tertiary/aromatic N) is 2. The van der Waals surface area contributed by atoms with Crippen molar-refractivity contribution >= 4 is 23.9 Å². The van der Waals surface area contributed by atoms with E-state index in [4.69, 9.17) is 5.11 Å². The Bertz CT molecular complexity index is 621. The molecule has 1 N–H and O–H groups in total. The lowest BCUT2D eigenvalue weighted by Crippen LogP contribution is -2.23. The Kier molecular flexibility index (Phi) is 4.10. The van der Waals surface area contributed by atoms with Gasteiger partial charge in [-0.1, -0.05) is 24.3 Å². The second-order valence-electron chi connectivity index (χ2n) is 4.18.